The Hall–Kier alpha value is -1.02. The summed E-state index contributed by atoms with van der Waals surface area (Å²) >= 11 is 5.98. The van der Waals surface area contributed by atoms with Crippen molar-refractivity contribution in [3.05, 3.63) is 29.6 Å². The number of hydrogen-bond acceptors (Lipinski definition) is 1. The summed E-state index contributed by atoms with van der Waals surface area (Å²) in [5, 5.41) is 0. The highest BCUT2D eigenvalue weighted by Crippen LogP contribution is 2.31. The monoisotopic (exact) mass is 304 g/mol. The molecule has 3 rings (SSSR count). The molecule has 3 heteroatoms. The third-order valence-electron chi connectivity index (χ3n) is 4.88. The van der Waals surface area contributed by atoms with E-state index in [1.165, 1.54) is 36.8 Å². The first-order valence-corrected chi connectivity index (χ1v) is 8.72. The number of imidazole rings is 1. The Kier molecular flexibility index (Phi) is 4.54. The number of rotatable bonds is 4. The van der Waals surface area contributed by atoms with Crippen LogP contribution in [0.1, 0.15) is 44.0 Å². The third kappa shape index (κ3) is 3.26. The molecule has 0 atom stereocenters. The molecule has 2 nitrogen and oxygen atoms in total. The highest BCUT2D eigenvalue weighted by Gasteiger charge is 2.20. The largest absolute Gasteiger partial charge is 0.328 e. The first kappa shape index (κ1) is 14.9. The Morgan fingerprint density at radius 1 is 1.24 bits per heavy atom. The van der Waals surface area contributed by atoms with Gasteiger partial charge < -0.3 is 4.57 Å². The van der Waals surface area contributed by atoms with Gasteiger partial charge in [-0.25, -0.2) is 4.98 Å². The van der Waals surface area contributed by atoms with Crippen molar-refractivity contribution in [1.82, 2.24) is 9.55 Å². The van der Waals surface area contributed by atoms with Crippen LogP contribution in [0.15, 0.2) is 18.2 Å². The second-order valence-corrected chi connectivity index (χ2v) is 7.07. The fraction of sp³-hybridized carbons (Fsp3) is 0.611. The summed E-state index contributed by atoms with van der Waals surface area (Å²) in [7, 11) is 0. The van der Waals surface area contributed by atoms with Crippen molar-refractivity contribution in [2.24, 2.45) is 11.8 Å². The molecular formula is C18H25ClN2. The Balaban J connectivity index is 1.89. The molecule has 2 aromatic rings. The number of nitrogens with zero attached hydrogens (tertiary/aromatic N) is 2. The van der Waals surface area contributed by atoms with Crippen LogP contribution < -0.4 is 0 Å². The van der Waals surface area contributed by atoms with Crippen molar-refractivity contribution >= 4 is 22.6 Å². The Bertz CT molecular complexity index is 609. The molecule has 0 spiro atoms. The van der Waals surface area contributed by atoms with Crippen LogP contribution in [0, 0.1) is 18.8 Å². The lowest BCUT2D eigenvalue weighted by Gasteiger charge is -2.27. The zero-order chi connectivity index (χ0) is 14.8. The zero-order valence-electron chi connectivity index (χ0n) is 13.1. The van der Waals surface area contributed by atoms with Crippen molar-refractivity contribution in [3.63, 3.8) is 0 Å². The lowest BCUT2D eigenvalue weighted by atomic mass is 9.83. The van der Waals surface area contributed by atoms with E-state index >= 15 is 0 Å². The summed E-state index contributed by atoms with van der Waals surface area (Å²) in [5.74, 6) is 3.51. The van der Waals surface area contributed by atoms with Gasteiger partial charge in [-0.3, -0.25) is 0 Å². The zero-order valence-corrected chi connectivity index (χ0v) is 13.9. The van der Waals surface area contributed by atoms with Gasteiger partial charge in [0.15, 0.2) is 0 Å². The molecule has 1 saturated carbocycles. The highest BCUT2D eigenvalue weighted by atomic mass is 35.5. The van der Waals surface area contributed by atoms with Gasteiger partial charge in [0.25, 0.3) is 0 Å². The molecule has 114 valence electrons. The maximum absolute atomic E-state index is 5.98. The third-order valence-corrected chi connectivity index (χ3v) is 5.07. The van der Waals surface area contributed by atoms with Crippen LogP contribution in [0.5, 0.6) is 0 Å². The van der Waals surface area contributed by atoms with Crippen LogP contribution in [-0.4, -0.2) is 15.4 Å². The molecule has 1 aromatic heterocycles. The van der Waals surface area contributed by atoms with Crippen molar-refractivity contribution in [2.45, 2.75) is 52.5 Å². The second kappa shape index (κ2) is 6.39. The molecule has 1 fully saturated rings. The highest BCUT2D eigenvalue weighted by molar-refractivity contribution is 6.17. The van der Waals surface area contributed by atoms with Gasteiger partial charge in [-0.05, 0) is 49.3 Å². The average Bonchev–Trinajstić information content (AvgIpc) is 2.79. The van der Waals surface area contributed by atoms with E-state index in [0.29, 0.717) is 5.88 Å². The van der Waals surface area contributed by atoms with E-state index in [-0.39, 0.29) is 0 Å². The smallest absolute Gasteiger partial charge is 0.111 e. The van der Waals surface area contributed by atoms with Crippen LogP contribution in [0.2, 0.25) is 0 Å². The van der Waals surface area contributed by atoms with Gasteiger partial charge in [0.05, 0.1) is 11.0 Å². The first-order valence-electron chi connectivity index (χ1n) is 8.19. The Labute approximate surface area is 132 Å². The van der Waals surface area contributed by atoms with Crippen molar-refractivity contribution in [3.8, 4) is 0 Å². The van der Waals surface area contributed by atoms with Crippen LogP contribution in [0.3, 0.4) is 0 Å². The first-order chi connectivity index (χ1) is 10.2. The minimum atomic E-state index is 0.643. The standard InChI is InChI=1S/C18H25ClN2/c1-13-3-6-15(7-4-13)12-21-17-8-5-14(2)11-16(17)20-18(21)9-10-19/h5,8,11,13,15H,3-4,6-7,9-10,12H2,1-2H3. The quantitative estimate of drug-likeness (QED) is 0.731. The second-order valence-electron chi connectivity index (χ2n) is 6.70. The van der Waals surface area contributed by atoms with E-state index < -0.39 is 0 Å². The van der Waals surface area contributed by atoms with Crippen molar-refractivity contribution in [1.29, 1.82) is 0 Å². The normalized spacial score (nSPS) is 22.8. The van der Waals surface area contributed by atoms with E-state index in [4.69, 9.17) is 16.6 Å². The molecule has 1 aromatic carbocycles. The minimum Gasteiger partial charge on any atom is -0.328 e. The van der Waals surface area contributed by atoms with Crippen LogP contribution in [0.4, 0.5) is 0 Å². The van der Waals surface area contributed by atoms with Crippen molar-refractivity contribution in [2.75, 3.05) is 5.88 Å². The van der Waals surface area contributed by atoms with E-state index in [2.05, 4.69) is 36.6 Å². The molecule has 1 heterocycles. The summed E-state index contributed by atoms with van der Waals surface area (Å²) in [6, 6.07) is 6.60. The van der Waals surface area contributed by atoms with Gasteiger partial charge in [0, 0.05) is 18.8 Å². The van der Waals surface area contributed by atoms with Gasteiger partial charge in [0.2, 0.25) is 0 Å². The fourth-order valence-corrected chi connectivity index (χ4v) is 3.71. The molecule has 0 unspecified atom stereocenters. The maximum Gasteiger partial charge on any atom is 0.111 e. The number of hydrogen-bond donors (Lipinski definition) is 0. The lowest BCUT2D eigenvalue weighted by Crippen LogP contribution is -2.19. The molecular weight excluding hydrogens is 280 g/mol. The van der Waals surface area contributed by atoms with Gasteiger partial charge in [-0.15, -0.1) is 11.6 Å². The van der Waals surface area contributed by atoms with E-state index in [1.807, 2.05) is 0 Å². The molecule has 0 N–H and O–H groups in total. The lowest BCUT2D eigenvalue weighted by molar-refractivity contribution is 0.265. The molecule has 0 radical (unpaired) electrons. The molecule has 0 bridgehead atoms. The number of benzene rings is 1. The number of aromatic nitrogens is 2. The molecule has 1 aliphatic rings. The van der Waals surface area contributed by atoms with Gasteiger partial charge in [-0.1, -0.05) is 25.8 Å². The van der Waals surface area contributed by atoms with Gasteiger partial charge in [0.1, 0.15) is 5.82 Å². The molecule has 0 aliphatic heterocycles. The van der Waals surface area contributed by atoms with E-state index in [1.54, 1.807) is 0 Å². The molecule has 1 aliphatic carbocycles. The predicted molar refractivity (Wildman–Crippen MR) is 90.0 cm³/mol. The average molecular weight is 305 g/mol. The summed E-state index contributed by atoms with van der Waals surface area (Å²) in [6.07, 6.45) is 6.32. The minimum absolute atomic E-state index is 0.643. The van der Waals surface area contributed by atoms with E-state index in [0.717, 1.165) is 36.1 Å². The summed E-state index contributed by atoms with van der Waals surface area (Å²) in [6.45, 7) is 5.62. The number of halogens is 1. The SMILES string of the molecule is Cc1ccc2c(c1)nc(CCCl)n2CC1CCC(C)CC1. The van der Waals surface area contributed by atoms with Crippen LogP contribution in [0.25, 0.3) is 11.0 Å². The van der Waals surface area contributed by atoms with Gasteiger partial charge >= 0.3 is 0 Å². The molecule has 0 saturated heterocycles. The van der Waals surface area contributed by atoms with Crippen LogP contribution in [-0.2, 0) is 13.0 Å². The number of alkyl halides is 1. The van der Waals surface area contributed by atoms with E-state index in [9.17, 15) is 0 Å². The topological polar surface area (TPSA) is 17.8 Å². The van der Waals surface area contributed by atoms with Crippen molar-refractivity contribution < 1.29 is 0 Å². The Morgan fingerprint density at radius 2 is 2.00 bits per heavy atom. The molecule has 21 heavy (non-hydrogen) atoms. The maximum atomic E-state index is 5.98. The Morgan fingerprint density at radius 3 is 2.71 bits per heavy atom. The summed E-state index contributed by atoms with van der Waals surface area (Å²) in [5.41, 5.74) is 3.68. The number of fused-ring (bicyclic) bond motifs is 1. The number of aryl methyl sites for hydroxylation is 2. The predicted octanol–water partition coefficient (Wildman–Crippen LogP) is 4.95. The molecule has 0 amide bonds. The fourth-order valence-electron chi connectivity index (χ4n) is 3.54. The van der Waals surface area contributed by atoms with Gasteiger partial charge in [-0.2, -0.15) is 0 Å². The summed E-state index contributed by atoms with van der Waals surface area (Å²) < 4.78 is 2.43. The van der Waals surface area contributed by atoms with Crippen LogP contribution >= 0.6 is 11.6 Å². The summed E-state index contributed by atoms with van der Waals surface area (Å²) in [4.78, 5) is 4.82.